The highest BCUT2D eigenvalue weighted by Crippen LogP contribution is 2.45. The van der Waals surface area contributed by atoms with Gasteiger partial charge in [0.2, 0.25) is 0 Å². The second kappa shape index (κ2) is 6.77. The first kappa shape index (κ1) is 20.1. The summed E-state index contributed by atoms with van der Waals surface area (Å²) >= 11 is 0. The van der Waals surface area contributed by atoms with Crippen LogP contribution in [-0.2, 0) is 6.18 Å². The fourth-order valence-electron chi connectivity index (χ4n) is 3.29. The molecule has 8 heteroatoms. The van der Waals surface area contributed by atoms with Gasteiger partial charge in [0.1, 0.15) is 23.3 Å². The van der Waals surface area contributed by atoms with Crippen LogP contribution >= 0.6 is 0 Å². The lowest BCUT2D eigenvalue weighted by Gasteiger charge is -2.45. The molecule has 2 aromatic rings. The fourth-order valence-corrected chi connectivity index (χ4v) is 3.29. The fraction of sp³-hybridized carbons (Fsp3) is 0.350. The summed E-state index contributed by atoms with van der Waals surface area (Å²) in [5.41, 5.74) is -1.85. The number of aliphatic hydroxyl groups excluding tert-OH is 1. The van der Waals surface area contributed by atoms with Gasteiger partial charge in [0.25, 0.3) is 5.91 Å². The second-order valence-corrected chi connectivity index (χ2v) is 7.27. The van der Waals surface area contributed by atoms with Gasteiger partial charge in [-0.05, 0) is 56.3 Å². The van der Waals surface area contributed by atoms with E-state index in [2.05, 4.69) is 0 Å². The largest absolute Gasteiger partial charge is 0.485 e. The van der Waals surface area contributed by atoms with Crippen molar-refractivity contribution < 1.29 is 32.2 Å². The van der Waals surface area contributed by atoms with Crippen LogP contribution in [0.5, 0.6) is 5.75 Å². The van der Waals surface area contributed by atoms with Crippen LogP contribution in [0.25, 0.3) is 0 Å². The lowest BCUT2D eigenvalue weighted by Crippen LogP contribution is -2.54. The van der Waals surface area contributed by atoms with Crippen molar-refractivity contribution in [3.63, 3.8) is 0 Å². The summed E-state index contributed by atoms with van der Waals surface area (Å²) < 4.78 is 58.3. The van der Waals surface area contributed by atoms with E-state index >= 15 is 0 Å². The summed E-state index contributed by atoms with van der Waals surface area (Å²) in [5.74, 6) is -0.927. The quantitative estimate of drug-likeness (QED) is 0.774. The van der Waals surface area contributed by atoms with Crippen molar-refractivity contribution in [2.24, 2.45) is 0 Å². The molecule has 2 atom stereocenters. The van der Waals surface area contributed by atoms with E-state index < -0.39 is 41.2 Å². The number of benzene rings is 2. The minimum atomic E-state index is -4.59. The lowest BCUT2D eigenvalue weighted by atomic mass is 9.84. The molecule has 4 nitrogen and oxygen atoms in total. The predicted octanol–water partition coefficient (Wildman–Crippen LogP) is 4.19. The average molecular weight is 397 g/mol. The van der Waals surface area contributed by atoms with Gasteiger partial charge in [0.05, 0.1) is 11.6 Å². The van der Waals surface area contributed by atoms with Gasteiger partial charge in [-0.25, -0.2) is 4.39 Å². The molecule has 0 aromatic heterocycles. The zero-order chi connectivity index (χ0) is 20.9. The Balaban J connectivity index is 2.07. The molecule has 0 saturated carbocycles. The van der Waals surface area contributed by atoms with Crippen LogP contribution in [0.2, 0.25) is 0 Å². The second-order valence-electron chi connectivity index (χ2n) is 7.27. The maximum Gasteiger partial charge on any atom is 0.416 e. The van der Waals surface area contributed by atoms with Gasteiger partial charge >= 0.3 is 6.18 Å². The van der Waals surface area contributed by atoms with Crippen LogP contribution in [0.1, 0.15) is 41.4 Å². The Kier molecular flexibility index (Phi) is 4.87. The predicted molar refractivity (Wildman–Crippen MR) is 93.4 cm³/mol. The molecule has 0 radical (unpaired) electrons. The first-order valence-electron chi connectivity index (χ1n) is 8.53. The van der Waals surface area contributed by atoms with Gasteiger partial charge < -0.3 is 14.7 Å². The Morgan fingerprint density at radius 2 is 1.75 bits per heavy atom. The molecule has 0 bridgehead atoms. The van der Waals surface area contributed by atoms with Crippen LogP contribution in [0.4, 0.5) is 17.6 Å². The number of likely N-dealkylation sites (N-methyl/N-ethyl adjacent to an activating group) is 1. The van der Waals surface area contributed by atoms with E-state index in [1.165, 1.54) is 25.2 Å². The number of hydrogen-bond donors (Lipinski definition) is 1. The monoisotopic (exact) mass is 397 g/mol. The van der Waals surface area contributed by atoms with Gasteiger partial charge in [-0.15, -0.1) is 0 Å². The summed E-state index contributed by atoms with van der Waals surface area (Å²) in [6.07, 6.45) is -5.88. The van der Waals surface area contributed by atoms with E-state index in [-0.39, 0.29) is 16.9 Å². The highest BCUT2D eigenvalue weighted by atomic mass is 19.4. The molecule has 1 heterocycles. The maximum atomic E-state index is 13.2. The van der Waals surface area contributed by atoms with Gasteiger partial charge in [-0.3, -0.25) is 4.79 Å². The summed E-state index contributed by atoms with van der Waals surface area (Å²) in [7, 11) is 1.38. The summed E-state index contributed by atoms with van der Waals surface area (Å²) in [4.78, 5) is 14.0. The number of fused-ring (bicyclic) bond motifs is 1. The Labute approximate surface area is 159 Å². The Morgan fingerprint density at radius 3 is 2.32 bits per heavy atom. The Morgan fingerprint density at radius 1 is 1.14 bits per heavy atom. The zero-order valence-corrected chi connectivity index (χ0v) is 15.4. The number of nitrogens with zero attached hydrogens (tertiary/aromatic N) is 1. The lowest BCUT2D eigenvalue weighted by molar-refractivity contribution is -0.138. The van der Waals surface area contributed by atoms with Gasteiger partial charge in [-0.1, -0.05) is 0 Å². The third-order valence-electron chi connectivity index (χ3n) is 4.87. The minimum absolute atomic E-state index is 0.0552. The van der Waals surface area contributed by atoms with E-state index in [0.717, 1.165) is 29.2 Å². The number of ether oxygens (including phenoxy) is 1. The number of halogens is 4. The first-order chi connectivity index (χ1) is 12.9. The SMILES string of the molecule is CN(C(=O)c1ccc(F)cc1)C1c2cc(C(F)(F)F)ccc2OC(C)(C)C1O. The molecule has 2 unspecified atom stereocenters. The minimum Gasteiger partial charge on any atom is -0.485 e. The molecule has 0 spiro atoms. The normalized spacial score (nSPS) is 20.9. The molecule has 0 aliphatic carbocycles. The van der Waals surface area contributed by atoms with Crippen molar-refractivity contribution in [2.45, 2.75) is 37.8 Å². The molecule has 150 valence electrons. The van der Waals surface area contributed by atoms with Crippen molar-refractivity contribution in [3.05, 3.63) is 65.0 Å². The van der Waals surface area contributed by atoms with E-state index in [1.807, 2.05) is 0 Å². The molecule has 0 saturated heterocycles. The van der Waals surface area contributed by atoms with Crippen LogP contribution in [0.3, 0.4) is 0 Å². The van der Waals surface area contributed by atoms with E-state index in [0.29, 0.717) is 0 Å². The highest BCUT2D eigenvalue weighted by Gasteiger charge is 2.46. The Hall–Kier alpha value is -2.61. The highest BCUT2D eigenvalue weighted by molar-refractivity contribution is 5.94. The molecular formula is C20H19F4NO3. The molecular weight excluding hydrogens is 378 g/mol. The Bertz CT molecular complexity index is 893. The molecule has 1 aliphatic rings. The number of rotatable bonds is 2. The number of carbonyl (C=O) groups is 1. The maximum absolute atomic E-state index is 13.2. The van der Waals surface area contributed by atoms with Crippen LogP contribution in [0.15, 0.2) is 42.5 Å². The average Bonchev–Trinajstić information content (AvgIpc) is 2.61. The smallest absolute Gasteiger partial charge is 0.416 e. The molecule has 28 heavy (non-hydrogen) atoms. The number of amides is 1. The van der Waals surface area contributed by atoms with Crippen molar-refractivity contribution in [2.75, 3.05) is 7.05 Å². The summed E-state index contributed by atoms with van der Waals surface area (Å²) in [5, 5.41) is 10.8. The molecule has 1 amide bonds. The van der Waals surface area contributed by atoms with Crippen LogP contribution in [-0.4, -0.2) is 34.7 Å². The number of aliphatic hydroxyl groups is 1. The van der Waals surface area contributed by atoms with Crippen molar-refractivity contribution in [1.29, 1.82) is 0 Å². The number of hydrogen-bond acceptors (Lipinski definition) is 3. The number of carbonyl (C=O) groups excluding carboxylic acids is 1. The van der Waals surface area contributed by atoms with Gasteiger partial charge in [-0.2, -0.15) is 13.2 Å². The zero-order valence-electron chi connectivity index (χ0n) is 15.4. The van der Waals surface area contributed by atoms with E-state index in [1.54, 1.807) is 13.8 Å². The number of alkyl halides is 3. The van der Waals surface area contributed by atoms with E-state index in [4.69, 9.17) is 4.74 Å². The van der Waals surface area contributed by atoms with Gasteiger partial charge in [0.15, 0.2) is 0 Å². The van der Waals surface area contributed by atoms with Gasteiger partial charge in [0, 0.05) is 18.2 Å². The first-order valence-corrected chi connectivity index (χ1v) is 8.53. The van der Waals surface area contributed by atoms with Crippen LogP contribution in [0, 0.1) is 5.82 Å². The third kappa shape index (κ3) is 3.56. The summed E-state index contributed by atoms with van der Waals surface area (Å²) in [6.45, 7) is 3.17. The molecule has 2 aromatic carbocycles. The molecule has 1 N–H and O–H groups in total. The van der Waals surface area contributed by atoms with E-state index in [9.17, 15) is 27.5 Å². The molecule has 0 fully saturated rings. The summed E-state index contributed by atoms with van der Waals surface area (Å²) in [6, 6.07) is 6.66. The topological polar surface area (TPSA) is 49.8 Å². The van der Waals surface area contributed by atoms with Crippen molar-refractivity contribution in [1.82, 2.24) is 4.90 Å². The molecule has 1 aliphatic heterocycles. The third-order valence-corrected chi connectivity index (χ3v) is 4.87. The standard InChI is InChI=1S/C20H19F4NO3/c1-19(2)17(26)16(25(3)18(27)11-4-7-13(21)8-5-11)14-10-12(20(22,23)24)6-9-15(14)28-19/h4-10,16-17,26H,1-3H3. The van der Waals surface area contributed by atoms with Crippen molar-refractivity contribution in [3.8, 4) is 5.75 Å². The van der Waals surface area contributed by atoms with Crippen molar-refractivity contribution >= 4 is 5.91 Å². The molecule has 3 rings (SSSR count). The van der Waals surface area contributed by atoms with Crippen LogP contribution < -0.4 is 4.74 Å².